The summed E-state index contributed by atoms with van der Waals surface area (Å²) in [6.07, 6.45) is 4.08. The quantitative estimate of drug-likeness (QED) is 0.585. The van der Waals surface area contributed by atoms with Gasteiger partial charge in [0.25, 0.3) is 5.91 Å². The summed E-state index contributed by atoms with van der Waals surface area (Å²) in [6.45, 7) is 4.27. The van der Waals surface area contributed by atoms with Gasteiger partial charge in [-0.15, -0.1) is 11.3 Å². The number of benzene rings is 1. The Bertz CT molecular complexity index is 1060. The maximum Gasteiger partial charge on any atom is 0.264 e. The highest BCUT2D eigenvalue weighted by Gasteiger charge is 2.27. The largest absolute Gasteiger partial charge is 0.497 e. The number of hydrogen-bond donors (Lipinski definition) is 2. The zero-order valence-electron chi connectivity index (χ0n) is 17.9. The normalized spacial score (nSPS) is 14.7. The summed E-state index contributed by atoms with van der Waals surface area (Å²) in [4.78, 5) is 25.5. The van der Waals surface area contributed by atoms with Gasteiger partial charge in [0.15, 0.2) is 0 Å². The molecule has 0 saturated carbocycles. The van der Waals surface area contributed by atoms with Crippen LogP contribution >= 0.6 is 11.3 Å². The minimum atomic E-state index is 0.0548. The average Bonchev–Trinajstić information content (AvgIpc) is 3.16. The minimum Gasteiger partial charge on any atom is -0.497 e. The van der Waals surface area contributed by atoms with E-state index < -0.39 is 0 Å². The van der Waals surface area contributed by atoms with Crippen LogP contribution in [0, 0.1) is 12.8 Å². The van der Waals surface area contributed by atoms with Crippen molar-refractivity contribution in [1.29, 1.82) is 0 Å². The number of nitrogens with one attached hydrogen (secondary N) is 1. The summed E-state index contributed by atoms with van der Waals surface area (Å²) in [5.74, 6) is 1.97. The second-order valence-electron chi connectivity index (χ2n) is 7.91. The van der Waals surface area contributed by atoms with E-state index in [-0.39, 0.29) is 12.5 Å². The zero-order chi connectivity index (χ0) is 21.8. The number of thiophene rings is 1. The molecule has 3 heterocycles. The number of hydrogen-bond acceptors (Lipinski definition) is 7. The molecule has 7 nitrogen and oxygen atoms in total. The number of rotatable bonds is 7. The summed E-state index contributed by atoms with van der Waals surface area (Å²) in [6, 6.07) is 8.03. The molecule has 1 amide bonds. The summed E-state index contributed by atoms with van der Waals surface area (Å²) >= 11 is 1.43. The first kappa shape index (κ1) is 21.5. The number of methoxy groups -OCH3 is 1. The van der Waals surface area contributed by atoms with Crippen LogP contribution in [0.1, 0.15) is 33.6 Å². The molecule has 164 valence electrons. The maximum atomic E-state index is 13.1. The molecule has 1 saturated heterocycles. The first-order valence-corrected chi connectivity index (χ1v) is 11.4. The number of ether oxygens (including phenoxy) is 1. The average molecular weight is 441 g/mol. The Kier molecular flexibility index (Phi) is 6.67. The number of aliphatic hydroxyl groups excluding tert-OH is 1. The third kappa shape index (κ3) is 4.65. The predicted octanol–water partition coefficient (Wildman–Crippen LogP) is 3.51. The van der Waals surface area contributed by atoms with E-state index in [1.54, 1.807) is 13.4 Å². The fourth-order valence-electron chi connectivity index (χ4n) is 4.03. The summed E-state index contributed by atoms with van der Waals surface area (Å²) in [7, 11) is 1.67. The van der Waals surface area contributed by atoms with Gasteiger partial charge in [0.2, 0.25) is 0 Å². The number of carbonyl (C=O) groups excluding carboxylic acids is 1. The van der Waals surface area contributed by atoms with Crippen molar-refractivity contribution < 1.29 is 14.6 Å². The van der Waals surface area contributed by atoms with Gasteiger partial charge in [-0.05, 0) is 55.4 Å². The number of anilines is 1. The summed E-state index contributed by atoms with van der Waals surface area (Å²) in [5, 5.41) is 13.7. The molecule has 3 aromatic rings. The van der Waals surface area contributed by atoms with Gasteiger partial charge in [-0.1, -0.05) is 12.1 Å². The van der Waals surface area contributed by atoms with Crippen LogP contribution in [0.2, 0.25) is 0 Å². The Morgan fingerprint density at radius 3 is 2.87 bits per heavy atom. The van der Waals surface area contributed by atoms with Crippen LogP contribution < -0.4 is 10.1 Å². The van der Waals surface area contributed by atoms with Gasteiger partial charge in [0, 0.05) is 26.2 Å². The number of amides is 1. The smallest absolute Gasteiger partial charge is 0.264 e. The Labute approximate surface area is 186 Å². The number of aliphatic hydroxyl groups is 1. The number of fused-ring (bicyclic) bond motifs is 1. The van der Waals surface area contributed by atoms with Crippen LogP contribution in [0.4, 0.5) is 5.82 Å². The van der Waals surface area contributed by atoms with Crippen LogP contribution in [-0.2, 0) is 6.42 Å². The monoisotopic (exact) mass is 440 g/mol. The van der Waals surface area contributed by atoms with Crippen molar-refractivity contribution in [3.63, 3.8) is 0 Å². The Morgan fingerprint density at radius 2 is 2.13 bits per heavy atom. The molecule has 4 rings (SSSR count). The second kappa shape index (κ2) is 9.62. The van der Waals surface area contributed by atoms with E-state index in [1.807, 2.05) is 30.0 Å². The number of carbonyl (C=O) groups is 1. The van der Waals surface area contributed by atoms with Crippen LogP contribution in [0.25, 0.3) is 10.2 Å². The first-order valence-electron chi connectivity index (χ1n) is 10.6. The Hall–Kier alpha value is -2.71. The topological polar surface area (TPSA) is 87.6 Å². The third-order valence-electron chi connectivity index (χ3n) is 5.92. The van der Waals surface area contributed by atoms with Crippen molar-refractivity contribution in [2.75, 3.05) is 38.7 Å². The molecule has 0 spiro atoms. The van der Waals surface area contributed by atoms with E-state index >= 15 is 0 Å². The number of aromatic nitrogens is 2. The van der Waals surface area contributed by atoms with Crippen molar-refractivity contribution in [3.05, 3.63) is 46.6 Å². The molecule has 2 N–H and O–H groups in total. The van der Waals surface area contributed by atoms with Crippen molar-refractivity contribution in [3.8, 4) is 5.75 Å². The van der Waals surface area contributed by atoms with E-state index in [9.17, 15) is 9.90 Å². The lowest BCUT2D eigenvalue weighted by Crippen LogP contribution is -2.39. The van der Waals surface area contributed by atoms with Gasteiger partial charge in [-0.3, -0.25) is 4.79 Å². The molecule has 0 radical (unpaired) electrons. The lowest BCUT2D eigenvalue weighted by Gasteiger charge is -2.31. The highest BCUT2D eigenvalue weighted by Crippen LogP contribution is 2.34. The first-order chi connectivity index (χ1) is 15.1. The number of nitrogens with zero attached hydrogens (tertiary/aromatic N) is 3. The minimum absolute atomic E-state index is 0.0548. The van der Waals surface area contributed by atoms with Crippen molar-refractivity contribution in [1.82, 2.24) is 14.9 Å². The second-order valence-corrected chi connectivity index (χ2v) is 8.90. The van der Waals surface area contributed by atoms with Gasteiger partial charge in [-0.25, -0.2) is 9.97 Å². The lowest BCUT2D eigenvalue weighted by atomic mass is 9.97. The number of aryl methyl sites for hydroxylation is 1. The molecule has 1 aliphatic rings. The van der Waals surface area contributed by atoms with Crippen LogP contribution in [0.15, 0.2) is 30.6 Å². The predicted molar refractivity (Wildman–Crippen MR) is 123 cm³/mol. The van der Waals surface area contributed by atoms with Gasteiger partial charge >= 0.3 is 0 Å². The van der Waals surface area contributed by atoms with Crippen LogP contribution in [-0.4, -0.2) is 59.2 Å². The maximum absolute atomic E-state index is 13.1. The Balaban J connectivity index is 1.49. The standard InChI is InChI=1S/C23H28N4O3S/c1-15-19-21(24-9-6-16-4-3-5-18(12-16)30-2)25-14-26-22(19)31-20(15)23(29)27-10-7-17(13-28)8-11-27/h3-5,12,14,17,28H,6-11,13H2,1-2H3,(H,24,25,26). The third-order valence-corrected chi connectivity index (χ3v) is 7.11. The van der Waals surface area contributed by atoms with Crippen molar-refractivity contribution in [2.24, 2.45) is 5.92 Å². The lowest BCUT2D eigenvalue weighted by molar-refractivity contribution is 0.0655. The van der Waals surface area contributed by atoms with Gasteiger partial charge in [-0.2, -0.15) is 0 Å². The fourth-order valence-corrected chi connectivity index (χ4v) is 5.14. The van der Waals surface area contributed by atoms with Gasteiger partial charge < -0.3 is 20.1 Å². The van der Waals surface area contributed by atoms with Crippen molar-refractivity contribution >= 4 is 33.3 Å². The van der Waals surface area contributed by atoms with Crippen LogP contribution in [0.3, 0.4) is 0 Å². The number of likely N-dealkylation sites (tertiary alicyclic amines) is 1. The summed E-state index contributed by atoms with van der Waals surface area (Å²) < 4.78 is 5.29. The molecule has 0 unspecified atom stereocenters. The molecule has 31 heavy (non-hydrogen) atoms. The molecule has 0 bridgehead atoms. The highest BCUT2D eigenvalue weighted by atomic mass is 32.1. The van der Waals surface area contributed by atoms with Crippen molar-refractivity contribution in [2.45, 2.75) is 26.2 Å². The van der Waals surface area contributed by atoms with E-state index in [0.717, 1.165) is 51.5 Å². The van der Waals surface area contributed by atoms with E-state index in [0.29, 0.717) is 25.6 Å². The highest BCUT2D eigenvalue weighted by molar-refractivity contribution is 7.20. The Morgan fingerprint density at radius 1 is 1.32 bits per heavy atom. The molecule has 8 heteroatoms. The number of piperidine rings is 1. The molecule has 0 aliphatic carbocycles. The van der Waals surface area contributed by atoms with Crippen LogP contribution in [0.5, 0.6) is 5.75 Å². The molecule has 1 fully saturated rings. The van der Waals surface area contributed by atoms with E-state index in [4.69, 9.17) is 4.74 Å². The SMILES string of the molecule is COc1cccc(CCNc2ncnc3sc(C(=O)N4CCC(CO)CC4)c(C)c23)c1. The molecular weight excluding hydrogens is 412 g/mol. The molecule has 2 aromatic heterocycles. The molecule has 0 atom stereocenters. The van der Waals surface area contributed by atoms with Gasteiger partial charge in [0.1, 0.15) is 22.7 Å². The zero-order valence-corrected chi connectivity index (χ0v) is 18.7. The molecule has 1 aromatic carbocycles. The fraction of sp³-hybridized carbons (Fsp3) is 0.435. The van der Waals surface area contributed by atoms with E-state index in [2.05, 4.69) is 21.4 Å². The van der Waals surface area contributed by atoms with E-state index in [1.165, 1.54) is 16.9 Å². The molecular formula is C23H28N4O3S. The molecule has 1 aliphatic heterocycles. The summed E-state index contributed by atoms with van der Waals surface area (Å²) in [5.41, 5.74) is 2.11. The van der Waals surface area contributed by atoms with Gasteiger partial charge in [0.05, 0.1) is 17.4 Å².